The van der Waals surface area contributed by atoms with Crippen LogP contribution >= 0.6 is 0 Å². The van der Waals surface area contributed by atoms with Gasteiger partial charge in [0.15, 0.2) is 0 Å². The molecule has 0 spiro atoms. The summed E-state index contributed by atoms with van der Waals surface area (Å²) < 4.78 is 24.3. The highest BCUT2D eigenvalue weighted by Gasteiger charge is 2.21. The summed E-state index contributed by atoms with van der Waals surface area (Å²) in [5.41, 5.74) is 0.604. The van der Waals surface area contributed by atoms with Crippen LogP contribution in [0.1, 0.15) is 24.4 Å². The van der Waals surface area contributed by atoms with E-state index >= 15 is 0 Å². The Morgan fingerprint density at radius 2 is 1.83 bits per heavy atom. The molecule has 0 radical (unpaired) electrons. The van der Waals surface area contributed by atoms with Crippen molar-refractivity contribution in [2.24, 2.45) is 0 Å². The van der Waals surface area contributed by atoms with Gasteiger partial charge in [0, 0.05) is 6.42 Å². The van der Waals surface area contributed by atoms with Gasteiger partial charge >= 0.3 is 12.4 Å². The van der Waals surface area contributed by atoms with Crippen LogP contribution in [0.3, 0.4) is 0 Å². The first-order valence-corrected chi connectivity index (χ1v) is 5.36. The lowest BCUT2D eigenvalue weighted by Gasteiger charge is -2.18. The molecule has 2 N–H and O–H groups in total. The number of amides is 1. The quantitative estimate of drug-likeness (QED) is 0.818. The van der Waals surface area contributed by atoms with E-state index < -0.39 is 24.3 Å². The van der Waals surface area contributed by atoms with Gasteiger partial charge in [-0.3, -0.25) is 9.59 Å². The number of nitrogens with one attached hydrogen (secondary N) is 1. The third kappa shape index (κ3) is 4.48. The minimum atomic E-state index is -3.11. The SMILES string of the molecule is O=C(O)CCC(NC(=O)C(F)F)c1ccccc1. The van der Waals surface area contributed by atoms with Crippen molar-refractivity contribution in [3.05, 3.63) is 35.9 Å². The molecule has 0 heterocycles. The van der Waals surface area contributed by atoms with Gasteiger partial charge in [0.1, 0.15) is 0 Å². The van der Waals surface area contributed by atoms with Crippen LogP contribution in [0.15, 0.2) is 30.3 Å². The van der Waals surface area contributed by atoms with Crippen LogP contribution in [0.2, 0.25) is 0 Å². The van der Waals surface area contributed by atoms with E-state index in [-0.39, 0.29) is 12.8 Å². The summed E-state index contributed by atoms with van der Waals surface area (Å²) in [5.74, 6) is -2.43. The summed E-state index contributed by atoms with van der Waals surface area (Å²) in [5, 5.41) is 10.7. The number of carboxylic acids is 1. The van der Waals surface area contributed by atoms with Gasteiger partial charge in [-0.1, -0.05) is 30.3 Å². The molecule has 0 saturated heterocycles. The van der Waals surface area contributed by atoms with E-state index in [2.05, 4.69) is 5.32 Å². The van der Waals surface area contributed by atoms with Gasteiger partial charge in [-0.05, 0) is 12.0 Å². The molecule has 0 aliphatic heterocycles. The number of aliphatic carboxylic acids is 1. The largest absolute Gasteiger partial charge is 0.481 e. The molecule has 1 amide bonds. The zero-order chi connectivity index (χ0) is 13.5. The molecule has 1 rings (SSSR count). The Balaban J connectivity index is 2.75. The van der Waals surface area contributed by atoms with Crippen molar-refractivity contribution >= 4 is 11.9 Å². The average Bonchev–Trinajstić information content (AvgIpc) is 2.34. The van der Waals surface area contributed by atoms with Gasteiger partial charge in [-0.15, -0.1) is 0 Å². The van der Waals surface area contributed by atoms with E-state index in [0.29, 0.717) is 5.56 Å². The van der Waals surface area contributed by atoms with Gasteiger partial charge in [0.25, 0.3) is 5.91 Å². The van der Waals surface area contributed by atoms with E-state index in [9.17, 15) is 18.4 Å². The molecular weight excluding hydrogens is 244 g/mol. The van der Waals surface area contributed by atoms with Crippen LogP contribution in [0.25, 0.3) is 0 Å². The number of hydrogen-bond acceptors (Lipinski definition) is 2. The lowest BCUT2D eigenvalue weighted by Crippen LogP contribution is -2.33. The standard InChI is InChI=1S/C12H13F2NO3/c13-11(14)12(18)15-9(6-7-10(16)17)8-4-2-1-3-5-8/h1-5,9,11H,6-7H2,(H,15,18)(H,16,17). The summed E-state index contributed by atoms with van der Waals surface area (Å²) in [6.07, 6.45) is -3.25. The van der Waals surface area contributed by atoms with Gasteiger partial charge in [0.2, 0.25) is 0 Å². The van der Waals surface area contributed by atoms with Gasteiger partial charge in [-0.25, -0.2) is 0 Å². The number of carbonyl (C=O) groups excluding carboxylic acids is 1. The molecule has 6 heteroatoms. The molecule has 0 aliphatic carbocycles. The smallest absolute Gasteiger partial charge is 0.315 e. The van der Waals surface area contributed by atoms with Crippen LogP contribution in [-0.4, -0.2) is 23.4 Å². The van der Waals surface area contributed by atoms with E-state index in [1.165, 1.54) is 0 Å². The Bertz CT molecular complexity index is 409. The summed E-state index contributed by atoms with van der Waals surface area (Å²) in [4.78, 5) is 21.5. The highest BCUT2D eigenvalue weighted by Crippen LogP contribution is 2.18. The van der Waals surface area contributed by atoms with Gasteiger partial charge in [-0.2, -0.15) is 8.78 Å². The molecule has 0 aliphatic rings. The van der Waals surface area contributed by atoms with Crippen molar-refractivity contribution in [3.63, 3.8) is 0 Å². The number of halogens is 2. The number of alkyl halides is 2. The third-order valence-electron chi connectivity index (χ3n) is 2.36. The predicted octanol–water partition coefficient (Wildman–Crippen LogP) is 1.97. The number of rotatable bonds is 6. The molecule has 1 aromatic rings. The number of carbonyl (C=O) groups is 2. The maximum atomic E-state index is 12.2. The second-order valence-electron chi connectivity index (χ2n) is 3.70. The van der Waals surface area contributed by atoms with E-state index in [1.807, 2.05) is 0 Å². The number of hydrogen-bond donors (Lipinski definition) is 2. The third-order valence-corrected chi connectivity index (χ3v) is 2.36. The van der Waals surface area contributed by atoms with E-state index in [4.69, 9.17) is 5.11 Å². The Kier molecular flexibility index (Phi) is 5.23. The molecule has 0 aromatic heterocycles. The van der Waals surface area contributed by atoms with Crippen molar-refractivity contribution < 1.29 is 23.5 Å². The van der Waals surface area contributed by atoms with Gasteiger partial charge < -0.3 is 10.4 Å². The average molecular weight is 257 g/mol. The molecule has 0 fully saturated rings. The minimum absolute atomic E-state index is 0.0673. The molecule has 1 unspecified atom stereocenters. The van der Waals surface area contributed by atoms with Crippen LogP contribution in [0.5, 0.6) is 0 Å². The summed E-state index contributed by atoms with van der Waals surface area (Å²) >= 11 is 0. The second kappa shape index (κ2) is 6.68. The first-order chi connectivity index (χ1) is 8.50. The predicted molar refractivity (Wildman–Crippen MR) is 60.2 cm³/mol. The van der Waals surface area contributed by atoms with Crippen molar-refractivity contribution in [2.75, 3.05) is 0 Å². The molecule has 4 nitrogen and oxygen atoms in total. The van der Waals surface area contributed by atoms with E-state index in [0.717, 1.165) is 0 Å². The highest BCUT2D eigenvalue weighted by atomic mass is 19.3. The number of benzene rings is 1. The molecule has 1 atom stereocenters. The Morgan fingerprint density at radius 1 is 1.22 bits per heavy atom. The van der Waals surface area contributed by atoms with Crippen LogP contribution in [-0.2, 0) is 9.59 Å². The normalized spacial score (nSPS) is 12.2. The van der Waals surface area contributed by atoms with Crippen LogP contribution in [0, 0.1) is 0 Å². The maximum absolute atomic E-state index is 12.2. The summed E-state index contributed by atoms with van der Waals surface area (Å²) in [7, 11) is 0. The Morgan fingerprint density at radius 3 is 2.33 bits per heavy atom. The fraction of sp³-hybridized carbons (Fsp3) is 0.333. The highest BCUT2D eigenvalue weighted by molar-refractivity contribution is 5.79. The fourth-order valence-electron chi connectivity index (χ4n) is 1.51. The van der Waals surface area contributed by atoms with E-state index in [1.54, 1.807) is 30.3 Å². The summed E-state index contributed by atoms with van der Waals surface area (Å²) in [6, 6.07) is 7.71. The number of carboxylic acid groups (broad SMARTS) is 1. The molecule has 0 bridgehead atoms. The van der Waals surface area contributed by atoms with Crippen LogP contribution in [0.4, 0.5) is 8.78 Å². The van der Waals surface area contributed by atoms with Crippen molar-refractivity contribution in [1.82, 2.24) is 5.32 Å². The molecule has 98 valence electrons. The summed E-state index contributed by atoms with van der Waals surface area (Å²) in [6.45, 7) is 0. The fourth-order valence-corrected chi connectivity index (χ4v) is 1.51. The van der Waals surface area contributed by atoms with Crippen molar-refractivity contribution in [2.45, 2.75) is 25.3 Å². The topological polar surface area (TPSA) is 66.4 Å². The Hall–Kier alpha value is -1.98. The Labute approximate surface area is 103 Å². The second-order valence-corrected chi connectivity index (χ2v) is 3.70. The first-order valence-electron chi connectivity index (χ1n) is 5.36. The van der Waals surface area contributed by atoms with Crippen molar-refractivity contribution in [3.8, 4) is 0 Å². The van der Waals surface area contributed by atoms with Crippen LogP contribution < -0.4 is 5.32 Å². The van der Waals surface area contributed by atoms with Crippen molar-refractivity contribution in [1.29, 1.82) is 0 Å². The molecule has 1 aromatic carbocycles. The zero-order valence-electron chi connectivity index (χ0n) is 9.48. The lowest BCUT2D eigenvalue weighted by molar-refractivity contribution is -0.138. The lowest BCUT2D eigenvalue weighted by atomic mass is 10.0. The van der Waals surface area contributed by atoms with Gasteiger partial charge in [0.05, 0.1) is 6.04 Å². The minimum Gasteiger partial charge on any atom is -0.481 e. The first kappa shape index (κ1) is 14.1. The maximum Gasteiger partial charge on any atom is 0.315 e. The zero-order valence-corrected chi connectivity index (χ0v) is 9.48. The molecule has 18 heavy (non-hydrogen) atoms. The monoisotopic (exact) mass is 257 g/mol. The molecular formula is C12H13F2NO3. The molecule has 0 saturated carbocycles.